The van der Waals surface area contributed by atoms with Crippen molar-refractivity contribution in [1.29, 1.82) is 5.26 Å². The topological polar surface area (TPSA) is 93.9 Å². The number of carbonyl (C=O) groups is 1. The smallest absolute Gasteiger partial charge is 0.268 e. The van der Waals surface area contributed by atoms with Crippen molar-refractivity contribution in [2.45, 2.75) is 74.5 Å². The molecule has 1 aromatic rings. The first-order valence-electron chi connectivity index (χ1n) is 11.1. The largest absolute Gasteiger partial charge is 0.319 e. The van der Waals surface area contributed by atoms with E-state index in [4.69, 9.17) is 0 Å². The lowest BCUT2D eigenvalue weighted by Crippen LogP contribution is -2.69. The van der Waals surface area contributed by atoms with Gasteiger partial charge in [0.1, 0.15) is 6.04 Å². The number of amides is 1. The van der Waals surface area contributed by atoms with E-state index in [0.717, 1.165) is 42.7 Å². The average Bonchev–Trinajstić information content (AvgIpc) is 3.05. The molecule has 1 aliphatic heterocycles. The minimum absolute atomic E-state index is 0.00746. The minimum atomic E-state index is -2.98. The maximum atomic E-state index is 13.7. The van der Waals surface area contributed by atoms with Crippen LogP contribution in [0.4, 0.5) is 8.78 Å². The molecule has 5 fully saturated rings. The zero-order chi connectivity index (χ0) is 21.7. The maximum absolute atomic E-state index is 13.7. The number of halogens is 2. The molecule has 2 heterocycles. The second kappa shape index (κ2) is 7.45. The van der Waals surface area contributed by atoms with Crippen molar-refractivity contribution in [2.75, 3.05) is 13.1 Å². The highest BCUT2D eigenvalue weighted by molar-refractivity contribution is 5.79. The third-order valence-electron chi connectivity index (χ3n) is 7.69. The lowest BCUT2D eigenvalue weighted by molar-refractivity contribution is -0.133. The highest BCUT2D eigenvalue weighted by Gasteiger charge is 2.57. The lowest BCUT2D eigenvalue weighted by atomic mass is 9.50. The molecule has 3 atom stereocenters. The zero-order valence-electron chi connectivity index (χ0n) is 17.5. The molecule has 6 rings (SSSR count). The van der Waals surface area contributed by atoms with E-state index in [2.05, 4.69) is 20.8 Å². The Morgan fingerprint density at radius 2 is 1.90 bits per heavy atom. The van der Waals surface area contributed by atoms with E-state index in [1.54, 1.807) is 6.20 Å². The van der Waals surface area contributed by atoms with Crippen molar-refractivity contribution < 1.29 is 13.6 Å². The normalized spacial score (nSPS) is 37.7. The van der Waals surface area contributed by atoms with E-state index in [9.17, 15) is 18.8 Å². The Hall–Kier alpha value is -2.18. The fraction of sp³-hybridized carbons (Fsp3) is 0.727. The molecule has 1 saturated heterocycles. The summed E-state index contributed by atoms with van der Waals surface area (Å²) in [6.45, 7) is 0.0105. The summed E-state index contributed by atoms with van der Waals surface area (Å²) in [5.74, 6) is -2.19. The molecular formula is C22H28F2N6O. The Balaban J connectivity index is 1.25. The first kappa shape index (κ1) is 20.7. The second-order valence-corrected chi connectivity index (χ2v) is 10.2. The van der Waals surface area contributed by atoms with Gasteiger partial charge in [0.25, 0.3) is 5.92 Å². The van der Waals surface area contributed by atoms with Crippen molar-refractivity contribution >= 4 is 5.91 Å². The summed E-state index contributed by atoms with van der Waals surface area (Å²) < 4.78 is 27.5. The fourth-order valence-electron chi connectivity index (χ4n) is 6.94. The predicted molar refractivity (Wildman–Crippen MR) is 108 cm³/mol. The third-order valence-corrected chi connectivity index (χ3v) is 7.69. The average molecular weight is 431 g/mol. The molecule has 5 aliphatic rings. The van der Waals surface area contributed by atoms with Crippen LogP contribution in [0.15, 0.2) is 18.3 Å². The minimum Gasteiger partial charge on any atom is -0.319 e. The van der Waals surface area contributed by atoms with Crippen LogP contribution in [0.1, 0.15) is 50.6 Å². The number of nitrogens with zero attached hydrogens (tertiary/aromatic N) is 4. The second-order valence-electron chi connectivity index (χ2n) is 10.2. The van der Waals surface area contributed by atoms with Crippen molar-refractivity contribution in [3.8, 4) is 6.07 Å². The molecule has 4 aliphatic carbocycles. The Morgan fingerprint density at radius 1 is 1.19 bits per heavy atom. The number of hydrogen-bond acceptors (Lipinski definition) is 6. The quantitative estimate of drug-likeness (QED) is 0.717. The number of carbonyl (C=O) groups excluding carboxylic acids is 1. The van der Waals surface area contributed by atoms with Crippen molar-refractivity contribution in [3.05, 3.63) is 24.0 Å². The Morgan fingerprint density at radius 3 is 2.55 bits per heavy atom. The van der Waals surface area contributed by atoms with Crippen LogP contribution in [-0.4, -0.2) is 57.1 Å². The molecule has 2 N–H and O–H groups in total. The maximum Gasteiger partial charge on any atom is 0.268 e. The van der Waals surface area contributed by atoms with Gasteiger partial charge < -0.3 is 15.5 Å². The highest BCUT2D eigenvalue weighted by Crippen LogP contribution is 2.57. The summed E-state index contributed by atoms with van der Waals surface area (Å²) in [6.07, 6.45) is 7.51. The van der Waals surface area contributed by atoms with E-state index in [0.29, 0.717) is 18.4 Å². The number of nitrogens with one attached hydrogen (secondary N) is 2. The lowest BCUT2D eigenvalue weighted by Gasteiger charge is -2.62. The molecule has 4 bridgehead atoms. The van der Waals surface area contributed by atoms with Crippen LogP contribution in [0.25, 0.3) is 0 Å². The van der Waals surface area contributed by atoms with E-state index in [-0.39, 0.29) is 17.6 Å². The first-order valence-corrected chi connectivity index (χ1v) is 11.1. The number of hydrogen-bond donors (Lipinski definition) is 2. The van der Waals surface area contributed by atoms with E-state index in [1.807, 2.05) is 18.2 Å². The van der Waals surface area contributed by atoms with Crippen LogP contribution in [0, 0.1) is 23.2 Å². The molecule has 2 unspecified atom stereocenters. The number of nitriles is 1. The van der Waals surface area contributed by atoms with Gasteiger partial charge in [0.15, 0.2) is 0 Å². The monoisotopic (exact) mass is 430 g/mol. The summed E-state index contributed by atoms with van der Waals surface area (Å²) in [5.41, 5.74) is 0.764. The first-order chi connectivity index (χ1) is 14.8. The van der Waals surface area contributed by atoms with Gasteiger partial charge in [-0.1, -0.05) is 0 Å². The van der Waals surface area contributed by atoms with Gasteiger partial charge in [-0.05, 0) is 62.5 Å². The summed E-state index contributed by atoms with van der Waals surface area (Å²) in [6, 6.07) is 4.66. The Kier molecular flexibility index (Phi) is 4.98. The van der Waals surface area contributed by atoms with Gasteiger partial charge in [0.2, 0.25) is 5.91 Å². The van der Waals surface area contributed by atoms with Crippen LogP contribution in [0.5, 0.6) is 0 Å². The Bertz CT molecular complexity index is 874. The van der Waals surface area contributed by atoms with Gasteiger partial charge in [0, 0.05) is 30.2 Å². The molecule has 166 valence electrons. The number of aromatic nitrogens is 2. The van der Waals surface area contributed by atoms with Gasteiger partial charge in [-0.25, -0.2) is 8.78 Å². The van der Waals surface area contributed by atoms with Crippen LogP contribution in [0.2, 0.25) is 0 Å². The molecule has 1 aromatic heterocycles. The molecule has 7 nitrogen and oxygen atoms in total. The summed E-state index contributed by atoms with van der Waals surface area (Å²) in [4.78, 5) is 13.8. The molecule has 1 amide bonds. The van der Waals surface area contributed by atoms with Crippen LogP contribution in [0.3, 0.4) is 0 Å². The molecule has 4 saturated carbocycles. The van der Waals surface area contributed by atoms with E-state index >= 15 is 0 Å². The van der Waals surface area contributed by atoms with Crippen molar-refractivity contribution in [2.24, 2.45) is 11.8 Å². The Labute approximate surface area is 180 Å². The standard InChI is InChI=1S/C22H28F2N6O/c23-22(24)9-18(10-25)30(14-22)19(31)12-27-21-7-15-4-16(8-21)6-20(5-15,13-21)26-11-17-2-1-3-28-29-17/h1-3,15-16,18,26-27H,4-9,11-14H2/t15?,16?,18-,20?,21?/m0/s1. The highest BCUT2D eigenvalue weighted by atomic mass is 19.3. The van der Waals surface area contributed by atoms with E-state index < -0.39 is 30.8 Å². The third kappa shape index (κ3) is 4.03. The van der Waals surface area contributed by atoms with Gasteiger partial charge >= 0.3 is 0 Å². The van der Waals surface area contributed by atoms with Crippen LogP contribution < -0.4 is 10.6 Å². The fourth-order valence-corrected chi connectivity index (χ4v) is 6.94. The van der Waals surface area contributed by atoms with E-state index in [1.165, 1.54) is 6.42 Å². The van der Waals surface area contributed by atoms with Crippen LogP contribution >= 0.6 is 0 Å². The molecular weight excluding hydrogens is 402 g/mol. The molecule has 0 radical (unpaired) electrons. The summed E-state index contributed by atoms with van der Waals surface area (Å²) in [7, 11) is 0. The zero-order valence-corrected chi connectivity index (χ0v) is 17.5. The molecule has 0 aromatic carbocycles. The molecule has 0 spiro atoms. The van der Waals surface area contributed by atoms with Crippen molar-refractivity contribution in [3.63, 3.8) is 0 Å². The number of likely N-dealkylation sites (tertiary alicyclic amines) is 1. The van der Waals surface area contributed by atoms with Gasteiger partial charge in [-0.3, -0.25) is 4.79 Å². The number of rotatable bonds is 6. The van der Waals surface area contributed by atoms with Gasteiger partial charge in [0.05, 0.1) is 24.9 Å². The predicted octanol–water partition coefficient (Wildman–Crippen LogP) is 2.01. The van der Waals surface area contributed by atoms with Gasteiger partial charge in [-0.2, -0.15) is 15.5 Å². The number of alkyl halides is 2. The molecule has 9 heteroatoms. The summed E-state index contributed by atoms with van der Waals surface area (Å²) >= 11 is 0. The van der Waals surface area contributed by atoms with Gasteiger partial charge in [-0.15, -0.1) is 0 Å². The SMILES string of the molecule is N#C[C@@H]1CC(F)(F)CN1C(=O)CNC12CC3CC(C1)CC(NCc1cccnn1)(C3)C2. The van der Waals surface area contributed by atoms with Crippen molar-refractivity contribution in [1.82, 2.24) is 25.7 Å². The summed E-state index contributed by atoms with van der Waals surface area (Å²) in [5, 5.41) is 24.6. The van der Waals surface area contributed by atoms with Crippen LogP contribution in [-0.2, 0) is 11.3 Å². The molecule has 31 heavy (non-hydrogen) atoms.